The molecule has 0 atom stereocenters. The Morgan fingerprint density at radius 3 is 2.43 bits per heavy atom. The lowest BCUT2D eigenvalue weighted by Crippen LogP contribution is -2.30. The number of carbonyl (C=O) groups is 2. The smallest absolute Gasteiger partial charge is 0.337 e. The number of nitrogens with zero attached hydrogens (tertiary/aromatic N) is 2. The van der Waals surface area contributed by atoms with Crippen LogP contribution in [0.25, 0.3) is 0 Å². The number of anilines is 1. The Balaban J connectivity index is 2.08. The number of nitrogens with one attached hydrogen (secondary N) is 1. The molecule has 1 heterocycles. The minimum absolute atomic E-state index is 0.128. The first-order valence-corrected chi connectivity index (χ1v) is 6.94. The largest absolute Gasteiger partial charge is 0.465 e. The van der Waals surface area contributed by atoms with E-state index >= 15 is 0 Å². The second-order valence-electron chi connectivity index (χ2n) is 4.99. The van der Waals surface area contributed by atoms with Gasteiger partial charge in [0, 0.05) is 17.4 Å². The van der Waals surface area contributed by atoms with Gasteiger partial charge in [-0.2, -0.15) is 0 Å². The number of aryl methyl sites for hydroxylation is 2. The molecule has 2 aromatic rings. The van der Waals surface area contributed by atoms with E-state index in [4.69, 9.17) is 0 Å². The molecule has 7 heteroatoms. The molecule has 7 nitrogen and oxygen atoms in total. The molecule has 0 unspecified atom stereocenters. The van der Waals surface area contributed by atoms with Gasteiger partial charge in [0.2, 0.25) is 5.91 Å². The Bertz CT molecular complexity index is 794. The van der Waals surface area contributed by atoms with E-state index in [9.17, 15) is 14.4 Å². The molecule has 1 amide bonds. The summed E-state index contributed by atoms with van der Waals surface area (Å²) in [6, 6.07) is 7.66. The fourth-order valence-electron chi connectivity index (χ4n) is 2.11. The molecule has 0 aliphatic carbocycles. The van der Waals surface area contributed by atoms with Crippen LogP contribution in [-0.2, 0) is 16.1 Å². The van der Waals surface area contributed by atoms with E-state index < -0.39 is 5.97 Å². The van der Waals surface area contributed by atoms with Crippen molar-refractivity contribution in [3.63, 3.8) is 0 Å². The van der Waals surface area contributed by atoms with Crippen molar-refractivity contribution in [3.8, 4) is 0 Å². The second-order valence-corrected chi connectivity index (χ2v) is 4.99. The summed E-state index contributed by atoms with van der Waals surface area (Å²) in [5.74, 6) is -0.325. The number of hydrogen-bond donors (Lipinski definition) is 1. The molecule has 120 valence electrons. The zero-order chi connectivity index (χ0) is 17.0. The van der Waals surface area contributed by atoms with Crippen molar-refractivity contribution in [1.82, 2.24) is 9.55 Å². The molecule has 0 radical (unpaired) electrons. The SMILES string of the molecule is COC(=O)c1ccc(NC(=O)Cn2c(C)nc(C)cc2=O)cc1. The van der Waals surface area contributed by atoms with Gasteiger partial charge in [-0.05, 0) is 38.1 Å². The van der Waals surface area contributed by atoms with Gasteiger partial charge in [0.25, 0.3) is 5.56 Å². The van der Waals surface area contributed by atoms with Crippen molar-refractivity contribution in [2.75, 3.05) is 12.4 Å². The van der Waals surface area contributed by atoms with Crippen LogP contribution in [0.1, 0.15) is 21.9 Å². The topological polar surface area (TPSA) is 90.3 Å². The Labute approximate surface area is 132 Å². The van der Waals surface area contributed by atoms with Crippen molar-refractivity contribution < 1.29 is 14.3 Å². The summed E-state index contributed by atoms with van der Waals surface area (Å²) in [6.07, 6.45) is 0. The number of ether oxygens (including phenoxy) is 1. The van der Waals surface area contributed by atoms with Gasteiger partial charge in [-0.25, -0.2) is 9.78 Å². The van der Waals surface area contributed by atoms with Crippen molar-refractivity contribution in [1.29, 1.82) is 0 Å². The van der Waals surface area contributed by atoms with Crippen LogP contribution in [0, 0.1) is 13.8 Å². The molecule has 2 rings (SSSR count). The molecule has 0 fully saturated rings. The van der Waals surface area contributed by atoms with E-state index in [1.165, 1.54) is 17.7 Å². The summed E-state index contributed by atoms with van der Waals surface area (Å²) < 4.78 is 5.90. The van der Waals surface area contributed by atoms with E-state index in [0.717, 1.165) is 0 Å². The maximum absolute atomic E-state index is 12.1. The molecule has 0 aliphatic rings. The first-order valence-electron chi connectivity index (χ1n) is 6.94. The molecular formula is C16H17N3O4. The summed E-state index contributed by atoms with van der Waals surface area (Å²) >= 11 is 0. The first-order chi connectivity index (χ1) is 10.9. The number of aromatic nitrogens is 2. The van der Waals surface area contributed by atoms with Crippen molar-refractivity contribution in [3.05, 3.63) is 57.8 Å². The normalized spacial score (nSPS) is 10.2. The summed E-state index contributed by atoms with van der Waals surface area (Å²) in [4.78, 5) is 39.5. The lowest BCUT2D eigenvalue weighted by atomic mass is 10.2. The van der Waals surface area contributed by atoms with Crippen LogP contribution >= 0.6 is 0 Å². The maximum Gasteiger partial charge on any atom is 0.337 e. The highest BCUT2D eigenvalue weighted by atomic mass is 16.5. The van der Waals surface area contributed by atoms with Crippen molar-refractivity contribution >= 4 is 17.6 Å². The van der Waals surface area contributed by atoms with Crippen LogP contribution in [0.5, 0.6) is 0 Å². The molecule has 0 aliphatic heterocycles. The number of hydrogen-bond acceptors (Lipinski definition) is 5. The average molecular weight is 315 g/mol. The lowest BCUT2D eigenvalue weighted by Gasteiger charge is -2.10. The highest BCUT2D eigenvalue weighted by Gasteiger charge is 2.10. The van der Waals surface area contributed by atoms with E-state index in [1.54, 1.807) is 38.1 Å². The highest BCUT2D eigenvalue weighted by Crippen LogP contribution is 2.10. The fourth-order valence-corrected chi connectivity index (χ4v) is 2.11. The third-order valence-electron chi connectivity index (χ3n) is 3.22. The molecule has 23 heavy (non-hydrogen) atoms. The van der Waals surface area contributed by atoms with Crippen LogP contribution < -0.4 is 10.9 Å². The molecule has 0 saturated carbocycles. The third-order valence-corrected chi connectivity index (χ3v) is 3.22. The zero-order valence-electron chi connectivity index (χ0n) is 13.1. The van der Waals surface area contributed by atoms with Gasteiger partial charge < -0.3 is 10.1 Å². The summed E-state index contributed by atoms with van der Waals surface area (Å²) in [5.41, 5.74) is 1.25. The van der Waals surface area contributed by atoms with Crippen LogP contribution in [0.2, 0.25) is 0 Å². The molecular weight excluding hydrogens is 298 g/mol. The quantitative estimate of drug-likeness (QED) is 0.859. The van der Waals surface area contributed by atoms with Gasteiger partial charge in [0.05, 0.1) is 12.7 Å². The second kappa shape index (κ2) is 6.87. The van der Waals surface area contributed by atoms with Crippen molar-refractivity contribution in [2.24, 2.45) is 0 Å². The first kappa shape index (κ1) is 16.4. The van der Waals surface area contributed by atoms with Gasteiger partial charge >= 0.3 is 5.97 Å². The molecule has 0 spiro atoms. The van der Waals surface area contributed by atoms with E-state index in [2.05, 4.69) is 15.0 Å². The zero-order valence-corrected chi connectivity index (χ0v) is 13.1. The van der Waals surface area contributed by atoms with Gasteiger partial charge in [-0.3, -0.25) is 14.2 Å². The fraction of sp³-hybridized carbons (Fsp3) is 0.250. The monoisotopic (exact) mass is 315 g/mol. The van der Waals surface area contributed by atoms with Gasteiger partial charge in [0.15, 0.2) is 0 Å². The Morgan fingerprint density at radius 1 is 1.22 bits per heavy atom. The van der Waals surface area contributed by atoms with Crippen molar-refractivity contribution in [2.45, 2.75) is 20.4 Å². The predicted octanol–water partition coefficient (Wildman–Crippen LogP) is 1.29. The minimum atomic E-state index is -0.448. The standard InChI is InChI=1S/C16H17N3O4/c1-10-8-15(21)19(11(2)17-10)9-14(20)18-13-6-4-12(5-7-13)16(22)23-3/h4-8H,9H2,1-3H3,(H,18,20). The number of carbonyl (C=O) groups excluding carboxylic acids is 2. The highest BCUT2D eigenvalue weighted by molar-refractivity contribution is 5.92. The van der Waals surface area contributed by atoms with Gasteiger partial charge in [0.1, 0.15) is 12.4 Å². The molecule has 1 aromatic heterocycles. The third kappa shape index (κ3) is 4.03. The maximum atomic E-state index is 12.1. The van der Waals surface area contributed by atoms with E-state index in [0.29, 0.717) is 22.8 Å². The molecule has 1 N–H and O–H groups in total. The Hall–Kier alpha value is -2.96. The van der Waals surface area contributed by atoms with Gasteiger partial charge in [-0.15, -0.1) is 0 Å². The molecule has 0 bridgehead atoms. The molecule has 0 saturated heterocycles. The average Bonchev–Trinajstić information content (AvgIpc) is 2.51. The van der Waals surface area contributed by atoms with Crippen LogP contribution in [0.4, 0.5) is 5.69 Å². The number of amides is 1. The number of esters is 1. The summed E-state index contributed by atoms with van der Waals surface area (Å²) in [5, 5.41) is 2.67. The predicted molar refractivity (Wildman–Crippen MR) is 84.4 cm³/mol. The van der Waals surface area contributed by atoms with E-state index in [1.807, 2.05) is 0 Å². The van der Waals surface area contributed by atoms with Gasteiger partial charge in [-0.1, -0.05) is 0 Å². The van der Waals surface area contributed by atoms with E-state index in [-0.39, 0.29) is 18.0 Å². The summed E-state index contributed by atoms with van der Waals surface area (Å²) in [6.45, 7) is 3.27. The van der Waals surface area contributed by atoms with Crippen LogP contribution in [-0.4, -0.2) is 28.5 Å². The number of benzene rings is 1. The number of rotatable bonds is 4. The molecule has 1 aromatic carbocycles. The minimum Gasteiger partial charge on any atom is -0.465 e. The Morgan fingerprint density at radius 2 is 1.87 bits per heavy atom. The lowest BCUT2D eigenvalue weighted by molar-refractivity contribution is -0.116. The Kier molecular flexibility index (Phi) is 4.90. The van der Waals surface area contributed by atoms with Crippen LogP contribution in [0.15, 0.2) is 35.1 Å². The van der Waals surface area contributed by atoms with Crippen LogP contribution in [0.3, 0.4) is 0 Å². The summed E-state index contributed by atoms with van der Waals surface area (Å²) in [7, 11) is 1.30. The number of methoxy groups -OCH3 is 1.